The van der Waals surface area contributed by atoms with Gasteiger partial charge < -0.3 is 15.0 Å². The second-order valence-corrected chi connectivity index (χ2v) is 4.56. The molecule has 1 aliphatic rings. The standard InChI is InChI=1S/C12H12N2OS/c1-15-11-2-4-13-10(11)6-8-7-14-12-9(8)3-5-16-12/h2-6,13-14H,7H2,1H3. The van der Waals surface area contributed by atoms with Crippen molar-refractivity contribution in [2.45, 2.75) is 0 Å². The van der Waals surface area contributed by atoms with Crippen molar-refractivity contribution in [1.29, 1.82) is 0 Å². The van der Waals surface area contributed by atoms with Crippen molar-refractivity contribution in [2.24, 2.45) is 0 Å². The van der Waals surface area contributed by atoms with E-state index in [0.29, 0.717) is 0 Å². The van der Waals surface area contributed by atoms with Gasteiger partial charge in [0.05, 0.1) is 17.8 Å². The first-order chi connectivity index (χ1) is 7.88. The number of hydrogen-bond donors (Lipinski definition) is 2. The zero-order valence-corrected chi connectivity index (χ0v) is 9.73. The number of anilines is 1. The predicted octanol–water partition coefficient (Wildman–Crippen LogP) is 3.05. The number of hydrogen-bond acceptors (Lipinski definition) is 3. The third-order valence-corrected chi connectivity index (χ3v) is 3.60. The first kappa shape index (κ1) is 9.54. The Bertz CT molecular complexity index is 539. The minimum atomic E-state index is 0.885. The van der Waals surface area contributed by atoms with Crippen molar-refractivity contribution in [3.63, 3.8) is 0 Å². The summed E-state index contributed by atoms with van der Waals surface area (Å²) in [5, 5.41) is 6.74. The fraction of sp³-hybridized carbons (Fsp3) is 0.167. The monoisotopic (exact) mass is 232 g/mol. The van der Waals surface area contributed by atoms with Gasteiger partial charge in [-0.15, -0.1) is 11.3 Å². The highest BCUT2D eigenvalue weighted by molar-refractivity contribution is 7.14. The maximum absolute atomic E-state index is 5.27. The summed E-state index contributed by atoms with van der Waals surface area (Å²) >= 11 is 1.74. The van der Waals surface area contributed by atoms with Gasteiger partial charge in [0.25, 0.3) is 0 Å². The Morgan fingerprint density at radius 2 is 2.38 bits per heavy atom. The van der Waals surface area contributed by atoms with Gasteiger partial charge in [0.1, 0.15) is 5.75 Å². The molecule has 16 heavy (non-hydrogen) atoms. The molecule has 0 radical (unpaired) electrons. The molecule has 0 amide bonds. The molecule has 2 N–H and O–H groups in total. The molecule has 2 aromatic heterocycles. The van der Waals surface area contributed by atoms with E-state index < -0.39 is 0 Å². The fourth-order valence-electron chi connectivity index (χ4n) is 1.93. The van der Waals surface area contributed by atoms with Crippen molar-refractivity contribution in [2.75, 3.05) is 19.0 Å². The quantitative estimate of drug-likeness (QED) is 0.835. The Kier molecular flexibility index (Phi) is 2.22. The third kappa shape index (κ3) is 1.42. The Morgan fingerprint density at radius 3 is 3.25 bits per heavy atom. The van der Waals surface area contributed by atoms with Crippen LogP contribution in [0.3, 0.4) is 0 Å². The molecule has 3 nitrogen and oxygen atoms in total. The van der Waals surface area contributed by atoms with E-state index in [1.165, 1.54) is 16.1 Å². The van der Waals surface area contributed by atoms with Crippen molar-refractivity contribution >= 4 is 28.0 Å². The van der Waals surface area contributed by atoms with Gasteiger partial charge in [-0.25, -0.2) is 0 Å². The van der Waals surface area contributed by atoms with E-state index in [1.807, 2.05) is 12.3 Å². The van der Waals surface area contributed by atoms with E-state index in [4.69, 9.17) is 4.74 Å². The van der Waals surface area contributed by atoms with Gasteiger partial charge in [0.2, 0.25) is 0 Å². The Labute approximate surface area is 97.8 Å². The summed E-state index contributed by atoms with van der Waals surface area (Å²) in [6, 6.07) is 4.09. The lowest BCUT2D eigenvalue weighted by Gasteiger charge is -1.99. The number of H-pyrrole nitrogens is 1. The highest BCUT2D eigenvalue weighted by atomic mass is 32.1. The number of methoxy groups -OCH3 is 1. The molecule has 0 saturated carbocycles. The highest BCUT2D eigenvalue weighted by Gasteiger charge is 2.17. The molecule has 0 fully saturated rings. The van der Waals surface area contributed by atoms with Gasteiger partial charge in [-0.2, -0.15) is 0 Å². The summed E-state index contributed by atoms with van der Waals surface area (Å²) in [5.74, 6) is 0.885. The fourth-order valence-corrected chi connectivity index (χ4v) is 2.75. The van der Waals surface area contributed by atoms with Gasteiger partial charge >= 0.3 is 0 Å². The van der Waals surface area contributed by atoms with Crippen LogP contribution in [0.4, 0.5) is 5.00 Å². The molecular formula is C12H12N2OS. The van der Waals surface area contributed by atoms with Crippen LogP contribution in [0.1, 0.15) is 11.3 Å². The smallest absolute Gasteiger partial charge is 0.143 e. The first-order valence-corrected chi connectivity index (χ1v) is 6.00. The maximum Gasteiger partial charge on any atom is 0.143 e. The normalized spacial score (nSPS) is 16.2. The lowest BCUT2D eigenvalue weighted by molar-refractivity contribution is 0.414. The van der Waals surface area contributed by atoms with Crippen LogP contribution in [0.2, 0.25) is 0 Å². The van der Waals surface area contributed by atoms with Crippen molar-refractivity contribution in [3.05, 3.63) is 35.0 Å². The van der Waals surface area contributed by atoms with Crippen LogP contribution in [0.15, 0.2) is 23.7 Å². The molecule has 2 aromatic rings. The van der Waals surface area contributed by atoms with Crippen LogP contribution in [0.5, 0.6) is 5.75 Å². The second-order valence-electron chi connectivity index (χ2n) is 3.65. The number of fused-ring (bicyclic) bond motifs is 1. The number of nitrogens with one attached hydrogen (secondary N) is 2. The van der Waals surface area contributed by atoms with Crippen LogP contribution in [-0.2, 0) is 0 Å². The molecule has 0 atom stereocenters. The van der Waals surface area contributed by atoms with Crippen molar-refractivity contribution < 1.29 is 4.74 Å². The average Bonchev–Trinajstić information content (AvgIpc) is 2.96. The molecule has 0 spiro atoms. The number of aromatic nitrogens is 1. The van der Waals surface area contributed by atoms with Gasteiger partial charge in [0, 0.05) is 18.3 Å². The summed E-state index contributed by atoms with van der Waals surface area (Å²) in [7, 11) is 1.69. The van der Waals surface area contributed by atoms with Gasteiger partial charge in [0.15, 0.2) is 0 Å². The molecule has 0 bridgehead atoms. The van der Waals surface area contributed by atoms with Gasteiger partial charge in [-0.3, -0.25) is 0 Å². The van der Waals surface area contributed by atoms with Crippen LogP contribution in [0, 0.1) is 0 Å². The molecule has 3 rings (SSSR count). The zero-order chi connectivity index (χ0) is 11.0. The highest BCUT2D eigenvalue weighted by Crippen LogP contribution is 2.36. The SMILES string of the molecule is COc1cc[nH]c1C=C1CNc2sccc21. The van der Waals surface area contributed by atoms with E-state index >= 15 is 0 Å². The first-order valence-electron chi connectivity index (χ1n) is 5.12. The van der Waals surface area contributed by atoms with E-state index in [9.17, 15) is 0 Å². The number of ether oxygens (including phenoxy) is 1. The lowest BCUT2D eigenvalue weighted by atomic mass is 10.1. The van der Waals surface area contributed by atoms with Crippen LogP contribution < -0.4 is 10.1 Å². The molecule has 1 aliphatic heterocycles. The lowest BCUT2D eigenvalue weighted by Crippen LogP contribution is -1.91. The third-order valence-electron chi connectivity index (χ3n) is 2.73. The van der Waals surface area contributed by atoms with Crippen molar-refractivity contribution in [3.8, 4) is 5.75 Å². The molecular weight excluding hydrogens is 220 g/mol. The van der Waals surface area contributed by atoms with Gasteiger partial charge in [-0.05, 0) is 29.2 Å². The average molecular weight is 232 g/mol. The Morgan fingerprint density at radius 1 is 1.44 bits per heavy atom. The summed E-state index contributed by atoms with van der Waals surface area (Å²) in [6.45, 7) is 0.893. The molecule has 0 saturated heterocycles. The molecule has 82 valence electrons. The van der Waals surface area contributed by atoms with Crippen LogP contribution >= 0.6 is 11.3 Å². The molecule has 3 heterocycles. The maximum atomic E-state index is 5.27. The number of thiophene rings is 1. The minimum Gasteiger partial charge on any atom is -0.495 e. The van der Waals surface area contributed by atoms with E-state index in [2.05, 4.69) is 27.8 Å². The minimum absolute atomic E-state index is 0.885. The Hall–Kier alpha value is -1.68. The molecule has 0 unspecified atom stereocenters. The largest absolute Gasteiger partial charge is 0.495 e. The summed E-state index contributed by atoms with van der Waals surface area (Å²) in [5.41, 5.74) is 3.64. The molecule has 0 aliphatic carbocycles. The summed E-state index contributed by atoms with van der Waals surface area (Å²) in [6.07, 6.45) is 4.03. The summed E-state index contributed by atoms with van der Waals surface area (Å²) in [4.78, 5) is 3.18. The molecule has 0 aromatic carbocycles. The summed E-state index contributed by atoms with van der Waals surface area (Å²) < 4.78 is 5.27. The van der Waals surface area contributed by atoms with Crippen LogP contribution in [0.25, 0.3) is 11.6 Å². The zero-order valence-electron chi connectivity index (χ0n) is 8.91. The van der Waals surface area contributed by atoms with Crippen LogP contribution in [-0.4, -0.2) is 18.6 Å². The van der Waals surface area contributed by atoms with Gasteiger partial charge in [-0.1, -0.05) is 0 Å². The van der Waals surface area contributed by atoms with Crippen molar-refractivity contribution in [1.82, 2.24) is 4.98 Å². The predicted molar refractivity (Wildman–Crippen MR) is 68.0 cm³/mol. The van der Waals surface area contributed by atoms with E-state index in [-0.39, 0.29) is 0 Å². The molecule has 4 heteroatoms. The number of aromatic amines is 1. The van der Waals surface area contributed by atoms with E-state index in [1.54, 1.807) is 18.4 Å². The Balaban J connectivity index is 2.00. The number of rotatable bonds is 2. The topological polar surface area (TPSA) is 37.0 Å². The van der Waals surface area contributed by atoms with E-state index in [0.717, 1.165) is 18.0 Å². The second kappa shape index (κ2) is 3.72.